The minimum atomic E-state index is -0.255. The number of hydrogen-bond acceptors (Lipinski definition) is 2. The summed E-state index contributed by atoms with van der Waals surface area (Å²) in [5.41, 5.74) is 3.19. The van der Waals surface area contributed by atoms with E-state index in [1.165, 1.54) is 5.56 Å². The van der Waals surface area contributed by atoms with E-state index in [2.05, 4.69) is 4.99 Å². The second-order valence-corrected chi connectivity index (χ2v) is 3.94. The molecule has 0 radical (unpaired) electrons. The lowest BCUT2D eigenvalue weighted by molar-refractivity contribution is 0.560. The van der Waals surface area contributed by atoms with Gasteiger partial charge < -0.3 is 0 Å². The van der Waals surface area contributed by atoms with E-state index in [1.807, 2.05) is 61.5 Å². The topological polar surface area (TPSA) is 29.4 Å². The number of aliphatic imine (C=N–C) groups is 1. The Labute approximate surface area is 101 Å². The van der Waals surface area contributed by atoms with Gasteiger partial charge in [-0.15, -0.1) is 0 Å². The lowest BCUT2D eigenvalue weighted by atomic mass is 9.98. The summed E-state index contributed by atoms with van der Waals surface area (Å²) in [5.74, 6) is 0. The first-order valence-electron chi connectivity index (χ1n) is 5.50. The standard InChI is InChI=1S/C15H13NO/c1-12-7-9-14(10-8-12)15(16-11-17)13-5-3-2-4-6-13/h2-10,15H,1H3. The van der Waals surface area contributed by atoms with Gasteiger partial charge in [-0.3, -0.25) is 0 Å². The SMILES string of the molecule is Cc1ccc(C(N=C=O)c2ccccc2)cc1. The van der Waals surface area contributed by atoms with Gasteiger partial charge in [-0.05, 0) is 18.1 Å². The zero-order valence-electron chi connectivity index (χ0n) is 9.63. The third-order valence-corrected chi connectivity index (χ3v) is 2.69. The summed E-state index contributed by atoms with van der Waals surface area (Å²) in [6.45, 7) is 2.03. The monoisotopic (exact) mass is 223 g/mol. The van der Waals surface area contributed by atoms with Gasteiger partial charge in [0, 0.05) is 0 Å². The molecule has 2 rings (SSSR count). The molecule has 84 valence electrons. The van der Waals surface area contributed by atoms with Crippen LogP contribution in [0.2, 0.25) is 0 Å². The van der Waals surface area contributed by atoms with Gasteiger partial charge in [0.25, 0.3) is 0 Å². The second kappa shape index (κ2) is 5.24. The molecule has 0 saturated heterocycles. The van der Waals surface area contributed by atoms with Crippen molar-refractivity contribution in [3.8, 4) is 0 Å². The number of carbonyl (C=O) groups excluding carboxylic acids is 1. The summed E-state index contributed by atoms with van der Waals surface area (Å²) in [6, 6.07) is 17.5. The van der Waals surface area contributed by atoms with E-state index < -0.39 is 0 Å². The Kier molecular flexibility index (Phi) is 3.49. The maximum Gasteiger partial charge on any atom is 0.235 e. The fourth-order valence-corrected chi connectivity index (χ4v) is 1.78. The normalized spacial score (nSPS) is 11.6. The molecule has 0 aromatic heterocycles. The lowest BCUT2D eigenvalue weighted by Crippen LogP contribution is -1.97. The smallest absolute Gasteiger partial charge is 0.211 e. The molecule has 1 unspecified atom stereocenters. The highest BCUT2D eigenvalue weighted by Crippen LogP contribution is 2.25. The molecule has 2 aromatic rings. The van der Waals surface area contributed by atoms with E-state index in [1.54, 1.807) is 6.08 Å². The van der Waals surface area contributed by atoms with Gasteiger partial charge in [-0.25, -0.2) is 4.79 Å². The molecule has 17 heavy (non-hydrogen) atoms. The van der Waals surface area contributed by atoms with Gasteiger partial charge in [-0.1, -0.05) is 60.2 Å². The van der Waals surface area contributed by atoms with Crippen LogP contribution in [-0.4, -0.2) is 6.08 Å². The molecular weight excluding hydrogens is 210 g/mol. The van der Waals surface area contributed by atoms with E-state index in [4.69, 9.17) is 0 Å². The number of benzene rings is 2. The average molecular weight is 223 g/mol. The second-order valence-electron chi connectivity index (χ2n) is 3.94. The molecule has 0 aliphatic heterocycles. The van der Waals surface area contributed by atoms with Gasteiger partial charge >= 0.3 is 0 Å². The molecule has 2 heteroatoms. The van der Waals surface area contributed by atoms with Crippen LogP contribution in [0, 0.1) is 6.92 Å². The summed E-state index contributed by atoms with van der Waals surface area (Å²) in [4.78, 5) is 14.4. The molecule has 2 aromatic carbocycles. The molecule has 0 aliphatic carbocycles. The number of rotatable bonds is 3. The number of isocyanates is 1. The maximum atomic E-state index is 10.5. The molecule has 0 saturated carbocycles. The Morgan fingerprint density at radius 2 is 1.53 bits per heavy atom. The summed E-state index contributed by atoms with van der Waals surface area (Å²) in [7, 11) is 0. The van der Waals surface area contributed by atoms with Crippen molar-refractivity contribution in [2.45, 2.75) is 13.0 Å². The van der Waals surface area contributed by atoms with Crippen molar-refractivity contribution < 1.29 is 4.79 Å². The number of hydrogen-bond donors (Lipinski definition) is 0. The van der Waals surface area contributed by atoms with E-state index in [-0.39, 0.29) is 6.04 Å². The van der Waals surface area contributed by atoms with Crippen LogP contribution in [0.1, 0.15) is 22.7 Å². The first-order chi connectivity index (χ1) is 8.31. The largest absolute Gasteiger partial charge is 0.235 e. The van der Waals surface area contributed by atoms with Crippen molar-refractivity contribution >= 4 is 6.08 Å². The Balaban J connectivity index is 2.42. The third kappa shape index (κ3) is 2.68. The van der Waals surface area contributed by atoms with Crippen LogP contribution >= 0.6 is 0 Å². The Morgan fingerprint density at radius 3 is 2.12 bits per heavy atom. The van der Waals surface area contributed by atoms with Gasteiger partial charge in [0.2, 0.25) is 6.08 Å². The fourth-order valence-electron chi connectivity index (χ4n) is 1.78. The zero-order chi connectivity index (χ0) is 12.1. The van der Waals surface area contributed by atoms with Crippen LogP contribution in [0.5, 0.6) is 0 Å². The van der Waals surface area contributed by atoms with Crippen molar-refractivity contribution in [2.75, 3.05) is 0 Å². The van der Waals surface area contributed by atoms with Gasteiger partial charge in [-0.2, -0.15) is 4.99 Å². The quantitative estimate of drug-likeness (QED) is 0.579. The average Bonchev–Trinajstić information content (AvgIpc) is 2.38. The zero-order valence-corrected chi connectivity index (χ0v) is 9.63. The highest BCUT2D eigenvalue weighted by Gasteiger charge is 2.11. The molecule has 0 amide bonds. The third-order valence-electron chi connectivity index (χ3n) is 2.69. The molecule has 0 aliphatic rings. The first-order valence-corrected chi connectivity index (χ1v) is 5.50. The molecule has 1 atom stereocenters. The predicted molar refractivity (Wildman–Crippen MR) is 67.6 cm³/mol. The molecular formula is C15H13NO. The Hall–Kier alpha value is -2.18. The van der Waals surface area contributed by atoms with Crippen molar-refractivity contribution in [2.24, 2.45) is 4.99 Å². The van der Waals surface area contributed by atoms with E-state index in [0.717, 1.165) is 11.1 Å². The summed E-state index contributed by atoms with van der Waals surface area (Å²) >= 11 is 0. The molecule has 0 fully saturated rings. The van der Waals surface area contributed by atoms with Crippen molar-refractivity contribution in [3.63, 3.8) is 0 Å². The van der Waals surface area contributed by atoms with Gasteiger partial charge in [0.05, 0.1) is 0 Å². The molecule has 0 N–H and O–H groups in total. The molecule has 2 nitrogen and oxygen atoms in total. The van der Waals surface area contributed by atoms with Crippen LogP contribution in [0.25, 0.3) is 0 Å². The summed E-state index contributed by atoms with van der Waals surface area (Å²) in [5, 5.41) is 0. The van der Waals surface area contributed by atoms with E-state index in [0.29, 0.717) is 0 Å². The van der Waals surface area contributed by atoms with Crippen LogP contribution < -0.4 is 0 Å². The summed E-state index contributed by atoms with van der Waals surface area (Å²) < 4.78 is 0. The number of aryl methyl sites for hydroxylation is 1. The minimum absolute atomic E-state index is 0.255. The van der Waals surface area contributed by atoms with Gasteiger partial charge in [0.1, 0.15) is 6.04 Å². The Bertz CT molecular complexity index is 525. The highest BCUT2D eigenvalue weighted by atomic mass is 16.1. The molecule has 0 heterocycles. The van der Waals surface area contributed by atoms with Crippen LogP contribution in [-0.2, 0) is 4.79 Å². The first kappa shape index (κ1) is 11.3. The van der Waals surface area contributed by atoms with Crippen LogP contribution in [0.4, 0.5) is 0 Å². The molecule has 0 spiro atoms. The predicted octanol–water partition coefficient (Wildman–Crippen LogP) is 3.42. The van der Waals surface area contributed by atoms with Crippen molar-refractivity contribution in [3.05, 3.63) is 71.3 Å². The maximum absolute atomic E-state index is 10.5. The van der Waals surface area contributed by atoms with Gasteiger partial charge in [0.15, 0.2) is 0 Å². The fraction of sp³-hybridized carbons (Fsp3) is 0.133. The Morgan fingerprint density at radius 1 is 0.941 bits per heavy atom. The van der Waals surface area contributed by atoms with E-state index >= 15 is 0 Å². The van der Waals surface area contributed by atoms with Crippen LogP contribution in [0.15, 0.2) is 59.6 Å². The minimum Gasteiger partial charge on any atom is -0.211 e. The lowest BCUT2D eigenvalue weighted by Gasteiger charge is -2.11. The number of nitrogens with zero attached hydrogens (tertiary/aromatic N) is 1. The van der Waals surface area contributed by atoms with Crippen molar-refractivity contribution in [1.82, 2.24) is 0 Å². The van der Waals surface area contributed by atoms with Crippen molar-refractivity contribution in [1.29, 1.82) is 0 Å². The highest BCUT2D eigenvalue weighted by molar-refractivity contribution is 5.40. The van der Waals surface area contributed by atoms with Crippen LogP contribution in [0.3, 0.4) is 0 Å². The van der Waals surface area contributed by atoms with E-state index in [9.17, 15) is 4.79 Å². The summed E-state index contributed by atoms with van der Waals surface area (Å²) in [6.07, 6.45) is 1.65. The molecule has 0 bridgehead atoms.